The molecule has 190 valence electrons. The number of allylic oxidation sites excluding steroid dienone is 1. The highest BCUT2D eigenvalue weighted by Crippen LogP contribution is 2.43. The number of para-hydroxylation sites is 1. The maximum Gasteiger partial charge on any atom is 0.275 e. The van der Waals surface area contributed by atoms with Crippen molar-refractivity contribution in [2.45, 2.75) is 25.7 Å². The number of hydrogen-bond acceptors (Lipinski definition) is 4. The molecule has 3 N–H and O–H groups in total. The number of nitrogens with one attached hydrogen (secondary N) is 1. The zero-order valence-electron chi connectivity index (χ0n) is 19.8. The molecule has 0 saturated carbocycles. The Bertz CT molecular complexity index is 1230. The van der Waals surface area contributed by atoms with Gasteiger partial charge in [-0.25, -0.2) is 8.78 Å². The Morgan fingerprint density at radius 2 is 1.94 bits per heavy atom. The summed E-state index contributed by atoms with van der Waals surface area (Å²) < 4.78 is 30.5. The van der Waals surface area contributed by atoms with Gasteiger partial charge in [-0.15, -0.1) is 0 Å². The van der Waals surface area contributed by atoms with Crippen LogP contribution >= 0.6 is 11.6 Å². The minimum Gasteiger partial charge on any atom is -0.371 e. The van der Waals surface area contributed by atoms with Gasteiger partial charge < -0.3 is 20.9 Å². The molecule has 7 nitrogen and oxygen atoms in total. The first-order valence-electron chi connectivity index (χ1n) is 11.7. The average molecular weight is 517 g/mol. The molecule has 2 heterocycles. The summed E-state index contributed by atoms with van der Waals surface area (Å²) in [6, 6.07) is 11.4. The number of amides is 3. The summed E-state index contributed by atoms with van der Waals surface area (Å²) in [5, 5.41) is 2.43. The summed E-state index contributed by atoms with van der Waals surface area (Å²) in [7, 11) is 0. The van der Waals surface area contributed by atoms with Gasteiger partial charge >= 0.3 is 0 Å². The third-order valence-electron chi connectivity index (χ3n) is 6.46. The molecule has 1 fully saturated rings. The zero-order chi connectivity index (χ0) is 26.0. The first-order chi connectivity index (χ1) is 17.1. The van der Waals surface area contributed by atoms with Crippen molar-refractivity contribution in [3.8, 4) is 0 Å². The fraction of sp³-hybridized carbons (Fsp3) is 0.346. The minimum absolute atomic E-state index is 0.0429. The van der Waals surface area contributed by atoms with E-state index in [4.69, 9.17) is 17.3 Å². The first-order valence-corrected chi connectivity index (χ1v) is 12.1. The number of carbonyl (C=O) groups is 3. The van der Waals surface area contributed by atoms with Crippen molar-refractivity contribution < 1.29 is 23.2 Å². The fourth-order valence-electron chi connectivity index (χ4n) is 4.58. The Morgan fingerprint density at radius 3 is 2.61 bits per heavy atom. The number of halogens is 3. The smallest absolute Gasteiger partial charge is 0.275 e. The number of rotatable bonds is 5. The molecule has 4 rings (SSSR count). The molecular weight excluding hydrogens is 490 g/mol. The predicted molar refractivity (Wildman–Crippen MR) is 135 cm³/mol. The zero-order valence-corrected chi connectivity index (χ0v) is 20.5. The third kappa shape index (κ3) is 5.36. The van der Waals surface area contributed by atoms with Gasteiger partial charge in [0.2, 0.25) is 11.8 Å². The highest BCUT2D eigenvalue weighted by Gasteiger charge is 2.41. The Kier molecular flexibility index (Phi) is 7.31. The average Bonchev–Trinajstić information content (AvgIpc) is 3.23. The number of fused-ring (bicyclic) bond motifs is 1. The van der Waals surface area contributed by atoms with Crippen molar-refractivity contribution >= 4 is 46.3 Å². The van der Waals surface area contributed by atoms with E-state index >= 15 is 8.78 Å². The number of hydrogen-bond donors (Lipinski definition) is 2. The molecule has 0 radical (unpaired) electrons. The molecule has 10 heteroatoms. The van der Waals surface area contributed by atoms with Crippen LogP contribution in [0.3, 0.4) is 0 Å². The number of carbonyl (C=O) groups excluding carboxylic acids is 3. The molecule has 2 aliphatic heterocycles. The van der Waals surface area contributed by atoms with Crippen LogP contribution in [-0.4, -0.2) is 49.8 Å². The van der Waals surface area contributed by atoms with Crippen molar-refractivity contribution in [2.75, 3.05) is 36.0 Å². The monoisotopic (exact) mass is 516 g/mol. The van der Waals surface area contributed by atoms with Crippen molar-refractivity contribution in [1.29, 1.82) is 0 Å². The number of benzene rings is 2. The molecule has 0 aliphatic carbocycles. The molecule has 1 atom stereocenters. The van der Waals surface area contributed by atoms with Gasteiger partial charge in [-0.2, -0.15) is 0 Å². The van der Waals surface area contributed by atoms with E-state index in [1.807, 2.05) is 6.07 Å². The van der Waals surface area contributed by atoms with Gasteiger partial charge in [0.15, 0.2) is 0 Å². The van der Waals surface area contributed by atoms with Crippen LogP contribution in [-0.2, 0) is 9.59 Å². The molecule has 0 unspecified atom stereocenters. The number of nitrogens with zero attached hydrogens (tertiary/aromatic N) is 2. The third-order valence-corrected chi connectivity index (χ3v) is 6.77. The first kappa shape index (κ1) is 25.6. The quantitative estimate of drug-likeness (QED) is 0.590. The SMILES string of the molecule is C[C@@H]1CCN(c2ccc(C(=O)N3CCC(F)(F)/C(=C\C(=O)NCC(N)=O)c4ccccc43)c(Cl)c2)C1. The van der Waals surface area contributed by atoms with Gasteiger partial charge in [0.1, 0.15) is 0 Å². The largest absolute Gasteiger partial charge is 0.371 e. The molecule has 3 amide bonds. The molecule has 36 heavy (non-hydrogen) atoms. The van der Waals surface area contributed by atoms with E-state index in [1.54, 1.807) is 30.3 Å². The topological polar surface area (TPSA) is 95.7 Å². The van der Waals surface area contributed by atoms with Crippen molar-refractivity contribution in [1.82, 2.24) is 5.32 Å². The standard InChI is InChI=1S/C26H27ClF2N4O3/c1-16-8-10-32(15-16)17-6-7-19(21(27)12-17)25(36)33-11-9-26(28,29)20(13-24(35)31-14-23(30)34)18-4-2-3-5-22(18)33/h2-7,12-13,16H,8-11,14-15H2,1H3,(H2,30,34)(H,31,35)/b20-13-/t16-/m1/s1. The second kappa shape index (κ2) is 10.3. The fourth-order valence-corrected chi connectivity index (χ4v) is 4.84. The molecular formula is C26H27ClF2N4O3. The lowest BCUT2D eigenvalue weighted by Crippen LogP contribution is -2.34. The lowest BCUT2D eigenvalue weighted by Gasteiger charge is -2.24. The molecule has 0 spiro atoms. The molecule has 2 aliphatic rings. The van der Waals surface area contributed by atoms with Crippen molar-refractivity contribution in [3.05, 3.63) is 64.7 Å². The lowest BCUT2D eigenvalue weighted by molar-refractivity contribution is -0.122. The van der Waals surface area contributed by atoms with Gasteiger partial charge in [-0.1, -0.05) is 36.7 Å². The Hall–Kier alpha value is -3.46. The summed E-state index contributed by atoms with van der Waals surface area (Å²) in [4.78, 5) is 40.2. The molecule has 2 aromatic carbocycles. The van der Waals surface area contributed by atoms with E-state index in [2.05, 4.69) is 17.1 Å². The highest BCUT2D eigenvalue weighted by atomic mass is 35.5. The van der Waals surface area contributed by atoms with E-state index < -0.39 is 42.2 Å². The summed E-state index contributed by atoms with van der Waals surface area (Å²) >= 11 is 6.52. The number of alkyl halides is 2. The van der Waals surface area contributed by atoms with E-state index in [9.17, 15) is 14.4 Å². The Labute approximate surface area is 212 Å². The lowest BCUT2D eigenvalue weighted by atomic mass is 9.97. The Balaban J connectivity index is 1.68. The molecule has 1 saturated heterocycles. The van der Waals surface area contributed by atoms with E-state index in [1.165, 1.54) is 11.0 Å². The van der Waals surface area contributed by atoms with Gasteiger partial charge in [0.25, 0.3) is 11.8 Å². The van der Waals surface area contributed by atoms with Crippen molar-refractivity contribution in [2.24, 2.45) is 11.7 Å². The van der Waals surface area contributed by atoms with Crippen LogP contribution in [0.2, 0.25) is 5.02 Å². The van der Waals surface area contributed by atoms with Gasteiger partial charge in [0.05, 0.1) is 22.8 Å². The Morgan fingerprint density at radius 1 is 1.19 bits per heavy atom. The number of primary amides is 1. The van der Waals surface area contributed by atoms with Crippen LogP contribution in [0.5, 0.6) is 0 Å². The van der Waals surface area contributed by atoms with Gasteiger partial charge in [-0.05, 0) is 36.6 Å². The summed E-state index contributed by atoms with van der Waals surface area (Å²) in [5.74, 6) is -5.03. The molecule has 2 aromatic rings. The van der Waals surface area contributed by atoms with E-state index in [0.29, 0.717) is 5.92 Å². The van der Waals surface area contributed by atoms with E-state index in [0.717, 1.165) is 31.3 Å². The van der Waals surface area contributed by atoms with Crippen LogP contribution in [0.4, 0.5) is 20.2 Å². The molecule has 0 aromatic heterocycles. The summed E-state index contributed by atoms with van der Waals surface area (Å²) in [6.45, 7) is 3.22. The maximum atomic E-state index is 15.2. The number of nitrogens with two attached hydrogens (primary N) is 1. The second-order valence-electron chi connectivity index (χ2n) is 9.17. The van der Waals surface area contributed by atoms with Crippen LogP contribution in [0.15, 0.2) is 48.5 Å². The van der Waals surface area contributed by atoms with Crippen LogP contribution in [0.25, 0.3) is 5.57 Å². The van der Waals surface area contributed by atoms with E-state index in [-0.39, 0.29) is 28.4 Å². The second-order valence-corrected chi connectivity index (χ2v) is 9.58. The predicted octanol–water partition coefficient (Wildman–Crippen LogP) is 3.86. The maximum absolute atomic E-state index is 15.2. The number of anilines is 2. The molecule has 0 bridgehead atoms. The minimum atomic E-state index is -3.41. The van der Waals surface area contributed by atoms with Crippen LogP contribution < -0.4 is 20.9 Å². The van der Waals surface area contributed by atoms with Crippen molar-refractivity contribution in [3.63, 3.8) is 0 Å². The highest BCUT2D eigenvalue weighted by molar-refractivity contribution is 6.35. The van der Waals surface area contributed by atoms with Crippen LogP contribution in [0, 0.1) is 5.92 Å². The summed E-state index contributed by atoms with van der Waals surface area (Å²) in [5.41, 5.74) is 5.88. The normalized spacial score (nSPS) is 20.1. The van der Waals surface area contributed by atoms with Gasteiger partial charge in [-0.3, -0.25) is 14.4 Å². The van der Waals surface area contributed by atoms with Crippen LogP contribution in [0.1, 0.15) is 35.7 Å². The van der Waals surface area contributed by atoms with Gasteiger partial charge in [0, 0.05) is 49.0 Å². The summed E-state index contributed by atoms with van der Waals surface area (Å²) in [6.07, 6.45) is 1.13.